The maximum atomic E-state index is 12.1. The van der Waals surface area contributed by atoms with Crippen LogP contribution in [0.25, 0.3) is 0 Å². The van der Waals surface area contributed by atoms with Gasteiger partial charge in [-0.1, -0.05) is 26.0 Å². The summed E-state index contributed by atoms with van der Waals surface area (Å²) in [5.41, 5.74) is 0.864. The van der Waals surface area contributed by atoms with Crippen LogP contribution in [0.5, 0.6) is 0 Å². The summed E-state index contributed by atoms with van der Waals surface area (Å²) in [5, 5.41) is 10.5. The number of nitro groups is 1. The number of rotatable bonds is 7. The van der Waals surface area contributed by atoms with E-state index in [4.69, 9.17) is 0 Å². The van der Waals surface area contributed by atoms with Gasteiger partial charge in [0.25, 0.3) is 5.69 Å². The van der Waals surface area contributed by atoms with E-state index in [-0.39, 0.29) is 11.6 Å². The molecule has 5 heteroatoms. The van der Waals surface area contributed by atoms with Crippen LogP contribution in [0.2, 0.25) is 0 Å². The van der Waals surface area contributed by atoms with Gasteiger partial charge in [-0.05, 0) is 18.4 Å². The lowest BCUT2D eigenvalue weighted by Crippen LogP contribution is -2.33. The summed E-state index contributed by atoms with van der Waals surface area (Å²) in [5.74, 6) is 0.0811. The second-order valence-electron chi connectivity index (χ2n) is 4.48. The topological polar surface area (TPSA) is 63.5 Å². The molecule has 0 aromatic heterocycles. The first kappa shape index (κ1) is 15.1. The number of benzene rings is 1. The lowest BCUT2D eigenvalue weighted by atomic mass is 10.1. The zero-order valence-corrected chi connectivity index (χ0v) is 11.5. The van der Waals surface area contributed by atoms with E-state index >= 15 is 0 Å². The fourth-order valence-electron chi connectivity index (χ4n) is 1.92. The van der Waals surface area contributed by atoms with Gasteiger partial charge in [0.1, 0.15) is 0 Å². The molecule has 0 aliphatic rings. The molecule has 0 bridgehead atoms. The van der Waals surface area contributed by atoms with Crippen LogP contribution in [0.3, 0.4) is 0 Å². The van der Waals surface area contributed by atoms with Crippen LogP contribution in [0, 0.1) is 10.1 Å². The molecule has 0 spiro atoms. The number of carbonyl (C=O) groups excluding carboxylic acids is 1. The van der Waals surface area contributed by atoms with Crippen molar-refractivity contribution in [2.45, 2.75) is 33.1 Å². The van der Waals surface area contributed by atoms with Crippen LogP contribution in [0.15, 0.2) is 24.3 Å². The molecule has 0 N–H and O–H groups in total. The van der Waals surface area contributed by atoms with Crippen molar-refractivity contribution in [2.75, 3.05) is 13.1 Å². The van der Waals surface area contributed by atoms with Crippen LogP contribution in [-0.4, -0.2) is 28.8 Å². The van der Waals surface area contributed by atoms with Crippen LogP contribution >= 0.6 is 0 Å². The van der Waals surface area contributed by atoms with Gasteiger partial charge >= 0.3 is 0 Å². The molecular weight excluding hydrogens is 244 g/mol. The molecule has 0 aliphatic heterocycles. The van der Waals surface area contributed by atoms with E-state index in [2.05, 4.69) is 0 Å². The number of nitro benzene ring substituents is 1. The van der Waals surface area contributed by atoms with Crippen molar-refractivity contribution in [3.63, 3.8) is 0 Å². The summed E-state index contributed by atoms with van der Waals surface area (Å²) in [6, 6.07) is 6.16. The van der Waals surface area contributed by atoms with Gasteiger partial charge in [0, 0.05) is 25.2 Å². The summed E-state index contributed by atoms with van der Waals surface area (Å²) in [6.45, 7) is 5.61. The lowest BCUT2D eigenvalue weighted by Gasteiger charge is -2.21. The zero-order chi connectivity index (χ0) is 14.3. The van der Waals surface area contributed by atoms with Crippen LogP contribution in [0.4, 0.5) is 5.69 Å². The highest BCUT2D eigenvalue weighted by Gasteiger charge is 2.13. The second-order valence-corrected chi connectivity index (χ2v) is 4.48. The second kappa shape index (κ2) is 7.51. The monoisotopic (exact) mass is 264 g/mol. The van der Waals surface area contributed by atoms with Crippen LogP contribution in [0.1, 0.15) is 32.3 Å². The van der Waals surface area contributed by atoms with Gasteiger partial charge in [-0.3, -0.25) is 14.9 Å². The third-order valence-corrected chi connectivity index (χ3v) is 2.84. The number of nitrogens with zero attached hydrogens (tertiary/aromatic N) is 2. The predicted molar refractivity (Wildman–Crippen MR) is 74.0 cm³/mol. The van der Waals surface area contributed by atoms with E-state index in [0.717, 1.165) is 31.5 Å². The van der Waals surface area contributed by atoms with E-state index in [1.165, 1.54) is 12.1 Å². The molecule has 0 saturated heterocycles. The largest absolute Gasteiger partial charge is 0.342 e. The van der Waals surface area contributed by atoms with E-state index in [9.17, 15) is 14.9 Å². The number of amides is 1. The average molecular weight is 264 g/mol. The molecule has 0 radical (unpaired) electrons. The molecule has 0 fully saturated rings. The lowest BCUT2D eigenvalue weighted by molar-refractivity contribution is -0.384. The summed E-state index contributed by atoms with van der Waals surface area (Å²) in [6.07, 6.45) is 2.18. The minimum Gasteiger partial charge on any atom is -0.342 e. The third-order valence-electron chi connectivity index (χ3n) is 2.84. The molecule has 19 heavy (non-hydrogen) atoms. The Labute approximate surface area is 113 Å². The Morgan fingerprint density at radius 1 is 1.16 bits per heavy atom. The first-order valence-corrected chi connectivity index (χ1v) is 6.59. The Hall–Kier alpha value is -1.91. The molecule has 104 valence electrons. The summed E-state index contributed by atoms with van der Waals surface area (Å²) in [4.78, 5) is 24.1. The van der Waals surface area contributed by atoms with Crippen molar-refractivity contribution in [1.82, 2.24) is 4.90 Å². The van der Waals surface area contributed by atoms with E-state index in [0.29, 0.717) is 6.42 Å². The van der Waals surface area contributed by atoms with Crippen LogP contribution < -0.4 is 0 Å². The zero-order valence-electron chi connectivity index (χ0n) is 11.5. The quantitative estimate of drug-likeness (QED) is 0.562. The number of hydrogen-bond acceptors (Lipinski definition) is 3. The fraction of sp³-hybridized carbons (Fsp3) is 0.500. The van der Waals surface area contributed by atoms with Crippen molar-refractivity contribution in [1.29, 1.82) is 0 Å². The standard InChI is InChI=1S/C14H20N2O3/c1-3-9-15(10-4-2)14(17)11-12-5-7-13(8-6-12)16(18)19/h5-8H,3-4,9-11H2,1-2H3. The first-order chi connectivity index (χ1) is 9.08. The van der Waals surface area contributed by atoms with Crippen molar-refractivity contribution >= 4 is 11.6 Å². The Balaban J connectivity index is 2.66. The van der Waals surface area contributed by atoms with Crippen LogP contribution in [-0.2, 0) is 11.2 Å². The molecule has 0 atom stereocenters. The van der Waals surface area contributed by atoms with Crippen molar-refractivity contribution < 1.29 is 9.72 Å². The summed E-state index contributed by atoms with van der Waals surface area (Å²) >= 11 is 0. The molecular formula is C14H20N2O3. The predicted octanol–water partition coefficient (Wildman–Crippen LogP) is 2.79. The first-order valence-electron chi connectivity index (χ1n) is 6.59. The number of hydrogen-bond donors (Lipinski definition) is 0. The van der Waals surface area contributed by atoms with E-state index in [1.54, 1.807) is 12.1 Å². The molecule has 0 unspecified atom stereocenters. The summed E-state index contributed by atoms with van der Waals surface area (Å²) in [7, 11) is 0. The van der Waals surface area contributed by atoms with Gasteiger partial charge in [0.2, 0.25) is 5.91 Å². The average Bonchev–Trinajstić information content (AvgIpc) is 2.39. The maximum Gasteiger partial charge on any atom is 0.269 e. The number of carbonyl (C=O) groups is 1. The minimum absolute atomic E-state index is 0.0511. The SMILES string of the molecule is CCCN(CCC)C(=O)Cc1ccc([N+](=O)[O-])cc1. The molecule has 0 heterocycles. The highest BCUT2D eigenvalue weighted by molar-refractivity contribution is 5.78. The van der Waals surface area contributed by atoms with Gasteiger partial charge in [0.15, 0.2) is 0 Å². The maximum absolute atomic E-state index is 12.1. The van der Waals surface area contributed by atoms with Gasteiger partial charge in [-0.25, -0.2) is 0 Å². The van der Waals surface area contributed by atoms with E-state index in [1.807, 2.05) is 18.7 Å². The summed E-state index contributed by atoms with van der Waals surface area (Å²) < 4.78 is 0. The minimum atomic E-state index is -0.438. The Kier molecular flexibility index (Phi) is 5.99. The highest BCUT2D eigenvalue weighted by atomic mass is 16.6. The van der Waals surface area contributed by atoms with E-state index < -0.39 is 4.92 Å². The highest BCUT2D eigenvalue weighted by Crippen LogP contribution is 2.13. The van der Waals surface area contributed by atoms with Crippen molar-refractivity contribution in [2.24, 2.45) is 0 Å². The van der Waals surface area contributed by atoms with Gasteiger partial charge in [0.05, 0.1) is 11.3 Å². The molecule has 0 aliphatic carbocycles. The van der Waals surface area contributed by atoms with Gasteiger partial charge in [-0.2, -0.15) is 0 Å². The van der Waals surface area contributed by atoms with Crippen molar-refractivity contribution in [3.05, 3.63) is 39.9 Å². The normalized spacial score (nSPS) is 10.2. The molecule has 1 rings (SSSR count). The number of non-ortho nitro benzene ring substituents is 1. The Morgan fingerprint density at radius 3 is 2.11 bits per heavy atom. The third kappa shape index (κ3) is 4.69. The molecule has 1 aromatic rings. The fourth-order valence-corrected chi connectivity index (χ4v) is 1.92. The Bertz CT molecular complexity index is 423. The van der Waals surface area contributed by atoms with Crippen molar-refractivity contribution in [3.8, 4) is 0 Å². The molecule has 5 nitrogen and oxygen atoms in total. The molecule has 1 aromatic carbocycles. The molecule has 1 amide bonds. The molecule has 0 saturated carbocycles. The van der Waals surface area contributed by atoms with Gasteiger partial charge < -0.3 is 4.90 Å². The Morgan fingerprint density at radius 2 is 1.68 bits per heavy atom. The van der Waals surface area contributed by atoms with Gasteiger partial charge in [-0.15, -0.1) is 0 Å². The smallest absolute Gasteiger partial charge is 0.269 e.